The molecule has 0 aromatic heterocycles. The minimum Gasteiger partial charge on any atom is -0.383 e. The van der Waals surface area contributed by atoms with Crippen LogP contribution in [0.3, 0.4) is 0 Å². The van der Waals surface area contributed by atoms with E-state index in [1.165, 1.54) is 12.1 Å². The van der Waals surface area contributed by atoms with Crippen LogP contribution in [0.5, 0.6) is 0 Å². The SMILES string of the molecule is CCC(C)N(CCOC)CCC(NC)c1ccc(F)cc1. The van der Waals surface area contributed by atoms with E-state index in [4.69, 9.17) is 4.74 Å². The molecule has 0 aliphatic heterocycles. The molecule has 2 unspecified atom stereocenters. The number of nitrogens with zero attached hydrogens (tertiary/aromatic N) is 1. The van der Waals surface area contributed by atoms with Gasteiger partial charge in [0.05, 0.1) is 6.61 Å². The highest BCUT2D eigenvalue weighted by atomic mass is 19.1. The molecule has 0 aliphatic rings. The van der Waals surface area contributed by atoms with Crippen LogP contribution in [0.25, 0.3) is 0 Å². The summed E-state index contributed by atoms with van der Waals surface area (Å²) >= 11 is 0. The van der Waals surface area contributed by atoms with Crippen LogP contribution in [0.4, 0.5) is 4.39 Å². The number of nitrogens with one attached hydrogen (secondary N) is 1. The molecule has 0 saturated carbocycles. The highest BCUT2D eigenvalue weighted by molar-refractivity contribution is 5.19. The molecule has 4 heteroatoms. The average molecular weight is 296 g/mol. The van der Waals surface area contributed by atoms with Gasteiger partial charge < -0.3 is 10.1 Å². The summed E-state index contributed by atoms with van der Waals surface area (Å²) in [5.41, 5.74) is 1.13. The van der Waals surface area contributed by atoms with Gasteiger partial charge in [-0.1, -0.05) is 19.1 Å². The lowest BCUT2D eigenvalue weighted by Gasteiger charge is -2.30. The lowest BCUT2D eigenvalue weighted by Crippen LogP contribution is -2.37. The number of benzene rings is 1. The summed E-state index contributed by atoms with van der Waals surface area (Å²) in [6, 6.07) is 7.57. The topological polar surface area (TPSA) is 24.5 Å². The zero-order chi connectivity index (χ0) is 15.7. The fourth-order valence-corrected chi connectivity index (χ4v) is 2.49. The molecule has 3 nitrogen and oxygen atoms in total. The Kier molecular flexibility index (Phi) is 8.50. The maximum absolute atomic E-state index is 13.0. The summed E-state index contributed by atoms with van der Waals surface area (Å²) in [7, 11) is 3.69. The Morgan fingerprint density at radius 1 is 1.24 bits per heavy atom. The van der Waals surface area contributed by atoms with Gasteiger partial charge in [-0.2, -0.15) is 0 Å². The van der Waals surface area contributed by atoms with Crippen molar-refractivity contribution in [3.05, 3.63) is 35.6 Å². The Hall–Kier alpha value is -0.970. The second kappa shape index (κ2) is 9.87. The largest absolute Gasteiger partial charge is 0.383 e. The van der Waals surface area contributed by atoms with Gasteiger partial charge in [-0.15, -0.1) is 0 Å². The number of halogens is 1. The summed E-state index contributed by atoms with van der Waals surface area (Å²) in [5, 5.41) is 3.33. The number of rotatable bonds is 10. The number of ether oxygens (including phenoxy) is 1. The number of hydrogen-bond donors (Lipinski definition) is 1. The van der Waals surface area contributed by atoms with E-state index in [0.717, 1.165) is 38.1 Å². The average Bonchev–Trinajstić information content (AvgIpc) is 2.51. The smallest absolute Gasteiger partial charge is 0.123 e. The van der Waals surface area contributed by atoms with Crippen molar-refractivity contribution in [2.75, 3.05) is 33.9 Å². The predicted molar refractivity (Wildman–Crippen MR) is 86.0 cm³/mol. The Morgan fingerprint density at radius 3 is 2.43 bits per heavy atom. The third kappa shape index (κ3) is 6.12. The van der Waals surface area contributed by atoms with Crippen LogP contribution in [0, 0.1) is 5.82 Å². The summed E-state index contributed by atoms with van der Waals surface area (Å²) in [5.74, 6) is -0.185. The molecule has 0 amide bonds. The molecule has 120 valence electrons. The van der Waals surface area contributed by atoms with E-state index in [2.05, 4.69) is 24.1 Å². The Morgan fingerprint density at radius 2 is 1.90 bits per heavy atom. The quantitative estimate of drug-likeness (QED) is 0.717. The highest BCUT2D eigenvalue weighted by Gasteiger charge is 2.15. The Bertz CT molecular complexity index is 383. The van der Waals surface area contributed by atoms with Gasteiger partial charge >= 0.3 is 0 Å². The van der Waals surface area contributed by atoms with Crippen molar-refractivity contribution in [3.8, 4) is 0 Å². The monoisotopic (exact) mass is 296 g/mol. The normalized spacial score (nSPS) is 14.4. The van der Waals surface area contributed by atoms with Gasteiger partial charge in [0.15, 0.2) is 0 Å². The molecule has 1 rings (SSSR count). The predicted octanol–water partition coefficient (Wildman–Crippen LogP) is 3.22. The first kappa shape index (κ1) is 18.1. The molecule has 2 atom stereocenters. The second-order valence-electron chi connectivity index (χ2n) is 5.47. The second-order valence-corrected chi connectivity index (χ2v) is 5.47. The van der Waals surface area contributed by atoms with Crippen molar-refractivity contribution in [1.29, 1.82) is 0 Å². The van der Waals surface area contributed by atoms with Gasteiger partial charge in [-0.3, -0.25) is 4.90 Å². The van der Waals surface area contributed by atoms with Gasteiger partial charge in [0.1, 0.15) is 5.82 Å². The van der Waals surface area contributed by atoms with Gasteiger partial charge in [0.25, 0.3) is 0 Å². The van der Waals surface area contributed by atoms with E-state index >= 15 is 0 Å². The van der Waals surface area contributed by atoms with Crippen LogP contribution in [0.2, 0.25) is 0 Å². The molecule has 1 aromatic rings. The van der Waals surface area contributed by atoms with Crippen molar-refractivity contribution in [1.82, 2.24) is 10.2 Å². The van der Waals surface area contributed by atoms with E-state index in [-0.39, 0.29) is 11.9 Å². The summed E-state index contributed by atoms with van der Waals surface area (Å²) < 4.78 is 18.2. The van der Waals surface area contributed by atoms with Gasteiger partial charge in [0.2, 0.25) is 0 Å². The molecule has 1 N–H and O–H groups in total. The van der Waals surface area contributed by atoms with Crippen LogP contribution >= 0.6 is 0 Å². The number of methoxy groups -OCH3 is 1. The van der Waals surface area contributed by atoms with Gasteiger partial charge in [-0.05, 0) is 44.5 Å². The minimum atomic E-state index is -0.185. The first-order valence-electron chi connectivity index (χ1n) is 7.78. The third-order valence-electron chi connectivity index (χ3n) is 4.12. The molecule has 0 radical (unpaired) electrons. The van der Waals surface area contributed by atoms with Crippen LogP contribution in [-0.4, -0.2) is 44.8 Å². The zero-order valence-electron chi connectivity index (χ0n) is 13.7. The standard InChI is InChI=1S/C17H29FN2O/c1-5-14(2)20(12-13-21-4)11-10-17(19-3)15-6-8-16(18)9-7-15/h6-9,14,17,19H,5,10-13H2,1-4H3. The van der Waals surface area contributed by atoms with Crippen molar-refractivity contribution >= 4 is 0 Å². The first-order valence-corrected chi connectivity index (χ1v) is 7.78. The molecule has 0 aliphatic carbocycles. The summed E-state index contributed by atoms with van der Waals surface area (Å²) in [4.78, 5) is 2.46. The third-order valence-corrected chi connectivity index (χ3v) is 4.12. The Balaban J connectivity index is 2.60. The van der Waals surface area contributed by atoms with Crippen molar-refractivity contribution in [3.63, 3.8) is 0 Å². The van der Waals surface area contributed by atoms with Gasteiger partial charge in [0, 0.05) is 32.3 Å². The molecule has 0 bridgehead atoms. The van der Waals surface area contributed by atoms with Crippen LogP contribution in [0.15, 0.2) is 24.3 Å². The zero-order valence-corrected chi connectivity index (χ0v) is 13.7. The minimum absolute atomic E-state index is 0.185. The van der Waals surface area contributed by atoms with Crippen LogP contribution in [0.1, 0.15) is 38.3 Å². The van der Waals surface area contributed by atoms with E-state index in [1.807, 2.05) is 19.2 Å². The molecular weight excluding hydrogens is 267 g/mol. The van der Waals surface area contributed by atoms with E-state index in [1.54, 1.807) is 7.11 Å². The lowest BCUT2D eigenvalue weighted by molar-refractivity contribution is 0.119. The summed E-state index contributed by atoms with van der Waals surface area (Å²) in [6.45, 7) is 7.17. The maximum Gasteiger partial charge on any atom is 0.123 e. The lowest BCUT2D eigenvalue weighted by atomic mass is 10.0. The number of hydrogen-bond acceptors (Lipinski definition) is 3. The molecule has 0 saturated heterocycles. The molecular formula is C17H29FN2O. The molecule has 21 heavy (non-hydrogen) atoms. The van der Waals surface area contributed by atoms with Crippen LogP contribution in [-0.2, 0) is 4.74 Å². The van der Waals surface area contributed by atoms with E-state index < -0.39 is 0 Å². The molecule has 0 spiro atoms. The highest BCUT2D eigenvalue weighted by Crippen LogP contribution is 2.18. The first-order chi connectivity index (χ1) is 10.1. The van der Waals surface area contributed by atoms with E-state index in [9.17, 15) is 4.39 Å². The van der Waals surface area contributed by atoms with Crippen LogP contribution < -0.4 is 5.32 Å². The van der Waals surface area contributed by atoms with Crippen molar-refractivity contribution in [2.45, 2.75) is 38.8 Å². The van der Waals surface area contributed by atoms with E-state index in [0.29, 0.717) is 6.04 Å². The molecule has 0 heterocycles. The molecule has 0 fully saturated rings. The van der Waals surface area contributed by atoms with Gasteiger partial charge in [-0.25, -0.2) is 4.39 Å². The fourth-order valence-electron chi connectivity index (χ4n) is 2.49. The molecule has 1 aromatic carbocycles. The van der Waals surface area contributed by atoms with Crippen molar-refractivity contribution < 1.29 is 9.13 Å². The Labute approximate surface area is 128 Å². The fraction of sp³-hybridized carbons (Fsp3) is 0.647. The summed E-state index contributed by atoms with van der Waals surface area (Å²) in [6.07, 6.45) is 2.13. The van der Waals surface area contributed by atoms with Crippen molar-refractivity contribution in [2.24, 2.45) is 0 Å². The maximum atomic E-state index is 13.0.